The summed E-state index contributed by atoms with van der Waals surface area (Å²) in [6.07, 6.45) is 7.98. The molecule has 0 radical (unpaired) electrons. The van der Waals surface area contributed by atoms with E-state index in [9.17, 15) is 0 Å². The van der Waals surface area contributed by atoms with E-state index in [0.717, 1.165) is 58.0 Å². The van der Waals surface area contributed by atoms with E-state index in [4.69, 9.17) is 18.6 Å². The Balaban J connectivity index is 4.54. The van der Waals surface area contributed by atoms with E-state index >= 15 is 0 Å². The lowest BCUT2D eigenvalue weighted by Crippen LogP contribution is -2.40. The first-order valence-electron chi connectivity index (χ1n) is 9.35. The maximum Gasteiger partial charge on any atom is 0.282 e. The van der Waals surface area contributed by atoms with E-state index in [1.54, 1.807) is 0 Å². The van der Waals surface area contributed by atoms with Crippen LogP contribution in [0.3, 0.4) is 0 Å². The third-order valence-corrected chi connectivity index (χ3v) is 4.23. The first-order valence-corrected chi connectivity index (χ1v) is 10.7. The Hall–Kier alpha value is -0.203. The molecule has 5 heteroatoms. The lowest BCUT2D eigenvalue weighted by molar-refractivity contribution is -0.384. The molecule has 0 saturated carbocycles. The van der Waals surface area contributed by atoms with E-state index in [1.807, 2.05) is 5.70 Å². The van der Waals surface area contributed by atoms with Crippen molar-refractivity contribution in [3.05, 3.63) is 12.3 Å². The number of rotatable bonds is 18. The van der Waals surface area contributed by atoms with Crippen molar-refractivity contribution in [2.45, 2.75) is 78.1 Å². The molecular weight excluding hydrogens is 308 g/mol. The maximum absolute atomic E-state index is 6.06. The zero-order valence-electron chi connectivity index (χ0n) is 15.6. The molecule has 0 aromatic heterocycles. The van der Waals surface area contributed by atoms with Crippen LogP contribution in [0.25, 0.3) is 0 Å². The van der Waals surface area contributed by atoms with Gasteiger partial charge in [0.2, 0.25) is 0 Å². The van der Waals surface area contributed by atoms with Crippen LogP contribution >= 0.6 is 0 Å². The van der Waals surface area contributed by atoms with Crippen LogP contribution in [-0.2, 0) is 18.6 Å². The highest BCUT2D eigenvalue weighted by atomic mass is 28.2. The van der Waals surface area contributed by atoms with Gasteiger partial charge in [0.25, 0.3) is 5.97 Å². The van der Waals surface area contributed by atoms with Gasteiger partial charge in [-0.2, -0.15) is 0 Å². The van der Waals surface area contributed by atoms with Gasteiger partial charge in [-0.05, 0) is 25.7 Å². The van der Waals surface area contributed by atoms with E-state index in [1.165, 1.54) is 0 Å². The summed E-state index contributed by atoms with van der Waals surface area (Å²) in [7, 11) is -0.560. The summed E-state index contributed by atoms with van der Waals surface area (Å²) in [5.41, 5.74) is 1.90. The van der Waals surface area contributed by atoms with E-state index < -0.39 is 15.7 Å². The van der Waals surface area contributed by atoms with Crippen LogP contribution < -0.4 is 0 Å². The lowest BCUT2D eigenvalue weighted by Gasteiger charge is -2.33. The molecule has 0 bridgehead atoms. The van der Waals surface area contributed by atoms with Gasteiger partial charge in [-0.15, -0.1) is 6.58 Å². The highest BCUT2D eigenvalue weighted by Gasteiger charge is 2.32. The summed E-state index contributed by atoms with van der Waals surface area (Å²) in [6, 6.07) is 0. The molecule has 0 fully saturated rings. The van der Waals surface area contributed by atoms with Crippen LogP contribution in [0.1, 0.15) is 72.1 Å². The minimum absolute atomic E-state index is 0.560. The summed E-state index contributed by atoms with van der Waals surface area (Å²) >= 11 is 0. The molecule has 0 aliphatic carbocycles. The van der Waals surface area contributed by atoms with Crippen molar-refractivity contribution in [2.75, 3.05) is 26.4 Å². The van der Waals surface area contributed by atoms with Gasteiger partial charge >= 0.3 is 0 Å². The smallest absolute Gasteiger partial charge is 0.282 e. The summed E-state index contributed by atoms with van der Waals surface area (Å²) in [5.74, 6) is -0.890. The fourth-order valence-corrected chi connectivity index (χ4v) is 2.55. The molecule has 0 aliphatic heterocycles. The van der Waals surface area contributed by atoms with Crippen molar-refractivity contribution in [2.24, 2.45) is 0 Å². The van der Waals surface area contributed by atoms with Crippen LogP contribution in [0.2, 0.25) is 0 Å². The fourth-order valence-electron chi connectivity index (χ4n) is 2.01. The molecule has 0 saturated heterocycles. The average molecular weight is 347 g/mol. The Morgan fingerprint density at radius 1 is 0.783 bits per heavy atom. The van der Waals surface area contributed by atoms with Crippen molar-refractivity contribution < 1.29 is 18.6 Å². The Morgan fingerprint density at radius 3 is 1.65 bits per heavy atom. The fraction of sp³-hybridized carbons (Fsp3) is 0.889. The number of hydrogen-bond acceptors (Lipinski definition) is 4. The SMILES string of the molecule is C=C[SiH2]OCCCC(OCCCC)(OCCCC)OCCCC. The van der Waals surface area contributed by atoms with Crippen molar-refractivity contribution in [3.63, 3.8) is 0 Å². The average Bonchev–Trinajstić information content (AvgIpc) is 2.55. The van der Waals surface area contributed by atoms with Crippen LogP contribution in [-0.4, -0.2) is 42.2 Å². The van der Waals surface area contributed by atoms with E-state index in [0.29, 0.717) is 19.8 Å². The molecule has 0 amide bonds. The highest BCUT2D eigenvalue weighted by Crippen LogP contribution is 2.24. The maximum atomic E-state index is 6.06. The van der Waals surface area contributed by atoms with Crippen LogP contribution in [0, 0.1) is 0 Å². The highest BCUT2D eigenvalue weighted by molar-refractivity contribution is 6.33. The molecular formula is C18H38O4Si. The Labute approximate surface area is 145 Å². The van der Waals surface area contributed by atoms with E-state index in [-0.39, 0.29) is 0 Å². The molecule has 0 aromatic rings. The third-order valence-electron chi connectivity index (χ3n) is 3.47. The van der Waals surface area contributed by atoms with Gasteiger partial charge in [-0.3, -0.25) is 0 Å². The van der Waals surface area contributed by atoms with Crippen LogP contribution in [0.4, 0.5) is 0 Å². The topological polar surface area (TPSA) is 36.9 Å². The molecule has 0 atom stereocenters. The molecule has 0 aromatic carbocycles. The van der Waals surface area contributed by atoms with Crippen molar-refractivity contribution >= 4 is 9.76 Å². The molecule has 0 rings (SSSR count). The number of ether oxygens (including phenoxy) is 3. The molecule has 0 heterocycles. The molecule has 0 aliphatic rings. The third kappa shape index (κ3) is 12.8. The standard InChI is InChI=1S/C18H38O4Si/c1-5-9-14-19-18(20-15-10-6-2,21-16-11-7-3)13-12-17-22-23-8-4/h8H,4-7,9-17,23H2,1-3H3. The van der Waals surface area contributed by atoms with Gasteiger partial charge in [-0.1, -0.05) is 45.7 Å². The summed E-state index contributed by atoms with van der Waals surface area (Å²) < 4.78 is 23.8. The monoisotopic (exact) mass is 346 g/mol. The predicted octanol–water partition coefficient (Wildman–Crippen LogP) is 4.11. The van der Waals surface area contributed by atoms with Gasteiger partial charge in [-0.25, -0.2) is 0 Å². The Morgan fingerprint density at radius 2 is 1.26 bits per heavy atom. The van der Waals surface area contributed by atoms with Crippen molar-refractivity contribution in [3.8, 4) is 0 Å². The quantitative estimate of drug-likeness (QED) is 0.213. The molecule has 4 nitrogen and oxygen atoms in total. The van der Waals surface area contributed by atoms with Gasteiger partial charge in [0.05, 0.1) is 19.8 Å². The van der Waals surface area contributed by atoms with Gasteiger partial charge < -0.3 is 18.6 Å². The van der Waals surface area contributed by atoms with Crippen LogP contribution in [0.15, 0.2) is 12.3 Å². The summed E-state index contributed by atoms with van der Waals surface area (Å²) in [4.78, 5) is 0. The molecule has 0 N–H and O–H groups in total. The first-order chi connectivity index (χ1) is 11.2. The molecule has 0 spiro atoms. The van der Waals surface area contributed by atoms with Crippen molar-refractivity contribution in [1.82, 2.24) is 0 Å². The second-order valence-electron chi connectivity index (χ2n) is 5.76. The Kier molecular flexibility index (Phi) is 16.5. The molecule has 0 unspecified atom stereocenters. The normalized spacial score (nSPS) is 12.3. The minimum Gasteiger partial charge on any atom is -0.419 e. The van der Waals surface area contributed by atoms with Crippen LogP contribution in [0.5, 0.6) is 0 Å². The molecule has 23 heavy (non-hydrogen) atoms. The first kappa shape index (κ1) is 22.8. The van der Waals surface area contributed by atoms with Crippen molar-refractivity contribution in [1.29, 1.82) is 0 Å². The molecule has 138 valence electrons. The zero-order valence-corrected chi connectivity index (χ0v) is 17.0. The second-order valence-corrected chi connectivity index (χ2v) is 7.08. The summed E-state index contributed by atoms with van der Waals surface area (Å²) in [6.45, 7) is 13.0. The number of unbranched alkanes of at least 4 members (excludes halogenated alkanes) is 3. The largest absolute Gasteiger partial charge is 0.419 e. The minimum atomic E-state index is -0.890. The second kappa shape index (κ2) is 16.6. The van der Waals surface area contributed by atoms with Gasteiger partial charge in [0.1, 0.15) is 0 Å². The predicted molar refractivity (Wildman–Crippen MR) is 99.2 cm³/mol. The van der Waals surface area contributed by atoms with Gasteiger partial charge in [0.15, 0.2) is 9.76 Å². The Bertz CT molecular complexity index is 235. The number of hydrogen-bond donors (Lipinski definition) is 0. The lowest BCUT2D eigenvalue weighted by atomic mass is 10.2. The summed E-state index contributed by atoms with van der Waals surface area (Å²) in [5, 5.41) is 0. The zero-order chi connectivity index (χ0) is 17.2. The van der Waals surface area contributed by atoms with Gasteiger partial charge in [0, 0.05) is 13.0 Å². The van der Waals surface area contributed by atoms with E-state index in [2.05, 4.69) is 27.4 Å².